The Morgan fingerprint density at radius 1 is 1.19 bits per heavy atom. The van der Waals surface area contributed by atoms with Crippen molar-refractivity contribution in [1.29, 1.82) is 0 Å². The fourth-order valence-electron chi connectivity index (χ4n) is 3.09. The maximum Gasteiger partial charge on any atom is 0.119 e. The van der Waals surface area contributed by atoms with Gasteiger partial charge in [0.05, 0.1) is 12.7 Å². The lowest BCUT2D eigenvalue weighted by molar-refractivity contribution is -0.0459. The van der Waals surface area contributed by atoms with Crippen LogP contribution >= 0.6 is 15.9 Å². The zero-order chi connectivity index (χ0) is 18.5. The van der Waals surface area contributed by atoms with Gasteiger partial charge in [-0.2, -0.15) is 0 Å². The Bertz CT molecular complexity index is 720. The van der Waals surface area contributed by atoms with Crippen molar-refractivity contribution in [2.45, 2.75) is 26.1 Å². The first-order valence-electron chi connectivity index (χ1n) is 8.99. The van der Waals surface area contributed by atoms with Crippen LogP contribution in [0, 0.1) is 13.8 Å². The number of nitrogens with zero attached hydrogens (tertiary/aromatic N) is 1. The Labute approximate surface area is 163 Å². The first-order chi connectivity index (χ1) is 12.5. The summed E-state index contributed by atoms with van der Waals surface area (Å²) in [5, 5.41) is 10.4. The van der Waals surface area contributed by atoms with E-state index in [9.17, 15) is 5.11 Å². The average Bonchev–Trinajstić information content (AvgIpc) is 2.63. The Hall–Kier alpha value is -1.40. The molecule has 1 aliphatic heterocycles. The number of β-amino-alcohol motifs (C(OH)–C–C–N with tert-alkyl or cyclic N) is 1. The molecule has 0 radical (unpaired) electrons. The number of benzene rings is 2. The molecule has 0 amide bonds. The molecule has 2 aromatic carbocycles. The lowest BCUT2D eigenvalue weighted by Gasteiger charge is -2.34. The van der Waals surface area contributed by atoms with Crippen molar-refractivity contribution in [2.24, 2.45) is 0 Å². The molecule has 140 valence electrons. The van der Waals surface area contributed by atoms with Crippen molar-refractivity contribution in [3.8, 4) is 5.75 Å². The Morgan fingerprint density at radius 3 is 2.69 bits per heavy atom. The fraction of sp³-hybridized carbons (Fsp3) is 0.429. The van der Waals surface area contributed by atoms with Gasteiger partial charge in [-0.05, 0) is 54.8 Å². The molecule has 26 heavy (non-hydrogen) atoms. The van der Waals surface area contributed by atoms with Gasteiger partial charge in [0.15, 0.2) is 0 Å². The minimum absolute atomic E-state index is 0.0460. The molecule has 2 aromatic rings. The number of aryl methyl sites for hydroxylation is 2. The third-order valence-electron chi connectivity index (χ3n) is 4.78. The van der Waals surface area contributed by atoms with E-state index in [0.717, 1.165) is 23.3 Å². The Morgan fingerprint density at radius 2 is 1.96 bits per heavy atom. The highest BCUT2D eigenvalue weighted by atomic mass is 79.9. The largest absolute Gasteiger partial charge is 0.491 e. The molecular weight excluding hydrogens is 394 g/mol. The van der Waals surface area contributed by atoms with Gasteiger partial charge in [-0.15, -0.1) is 0 Å². The summed E-state index contributed by atoms with van der Waals surface area (Å²) < 4.78 is 12.7. The minimum atomic E-state index is -0.528. The first-order valence-corrected chi connectivity index (χ1v) is 9.78. The number of ether oxygens (including phenoxy) is 2. The SMILES string of the molecule is Cc1ccc(OCC(O)CN2CCOC(c3ccc(Br)cc3)C2)cc1C. The molecule has 1 aliphatic rings. The van der Waals surface area contributed by atoms with Crippen molar-refractivity contribution in [2.75, 3.05) is 32.8 Å². The highest BCUT2D eigenvalue weighted by molar-refractivity contribution is 9.10. The van der Waals surface area contributed by atoms with E-state index in [1.54, 1.807) is 0 Å². The van der Waals surface area contributed by atoms with Gasteiger partial charge in [-0.25, -0.2) is 0 Å². The number of hydrogen-bond donors (Lipinski definition) is 1. The third-order valence-corrected chi connectivity index (χ3v) is 5.31. The van der Waals surface area contributed by atoms with Crippen LogP contribution in [0.15, 0.2) is 46.9 Å². The third kappa shape index (κ3) is 5.30. The van der Waals surface area contributed by atoms with E-state index in [-0.39, 0.29) is 6.10 Å². The van der Waals surface area contributed by atoms with E-state index in [4.69, 9.17) is 9.47 Å². The minimum Gasteiger partial charge on any atom is -0.491 e. The number of aliphatic hydroxyl groups is 1. The van der Waals surface area contributed by atoms with E-state index in [0.29, 0.717) is 19.8 Å². The second-order valence-corrected chi connectivity index (χ2v) is 7.80. The Kier molecular flexibility index (Phi) is 6.70. The van der Waals surface area contributed by atoms with Crippen molar-refractivity contribution in [3.05, 3.63) is 63.6 Å². The number of aliphatic hydroxyl groups excluding tert-OH is 1. The molecule has 3 rings (SSSR count). The second kappa shape index (κ2) is 9.00. The summed E-state index contributed by atoms with van der Waals surface area (Å²) in [6.07, 6.45) is -0.481. The van der Waals surface area contributed by atoms with Crippen molar-refractivity contribution < 1.29 is 14.6 Å². The van der Waals surface area contributed by atoms with Gasteiger partial charge in [-0.1, -0.05) is 34.1 Å². The number of morpholine rings is 1. The fourth-order valence-corrected chi connectivity index (χ4v) is 3.36. The number of halogens is 1. The zero-order valence-corrected chi connectivity index (χ0v) is 16.9. The van der Waals surface area contributed by atoms with Gasteiger partial charge in [0, 0.05) is 24.1 Å². The second-order valence-electron chi connectivity index (χ2n) is 6.88. The predicted octanol–water partition coefficient (Wildman–Crippen LogP) is 3.88. The van der Waals surface area contributed by atoms with Crippen LogP contribution < -0.4 is 4.74 Å². The van der Waals surface area contributed by atoms with Gasteiger partial charge in [-0.3, -0.25) is 4.90 Å². The normalized spacial score (nSPS) is 19.3. The molecule has 4 nitrogen and oxygen atoms in total. The van der Waals surface area contributed by atoms with Crippen LogP contribution in [0.2, 0.25) is 0 Å². The monoisotopic (exact) mass is 419 g/mol. The maximum absolute atomic E-state index is 10.4. The summed E-state index contributed by atoms with van der Waals surface area (Å²) in [5.74, 6) is 0.807. The molecule has 0 bridgehead atoms. The van der Waals surface area contributed by atoms with Crippen LogP contribution in [0.1, 0.15) is 22.8 Å². The van der Waals surface area contributed by atoms with E-state index >= 15 is 0 Å². The van der Waals surface area contributed by atoms with Crippen LogP contribution in [-0.4, -0.2) is 49.0 Å². The highest BCUT2D eigenvalue weighted by Gasteiger charge is 2.23. The van der Waals surface area contributed by atoms with Gasteiger partial charge in [0.2, 0.25) is 0 Å². The molecule has 1 fully saturated rings. The molecule has 5 heteroatoms. The summed E-state index contributed by atoms with van der Waals surface area (Å²) in [6.45, 7) is 7.30. The smallest absolute Gasteiger partial charge is 0.119 e. The molecule has 0 spiro atoms. The zero-order valence-electron chi connectivity index (χ0n) is 15.3. The summed E-state index contributed by atoms with van der Waals surface area (Å²) >= 11 is 3.46. The van der Waals surface area contributed by atoms with E-state index in [2.05, 4.69) is 46.8 Å². The molecule has 2 unspecified atom stereocenters. The first kappa shape index (κ1) is 19.4. The topological polar surface area (TPSA) is 41.9 Å². The Balaban J connectivity index is 1.49. The molecule has 1 heterocycles. The standard InChI is InChI=1S/C21H26BrNO3/c1-15-3-8-20(11-16(15)2)26-14-19(24)12-23-9-10-25-21(13-23)17-4-6-18(22)7-5-17/h3-8,11,19,21,24H,9-10,12-14H2,1-2H3. The summed E-state index contributed by atoms with van der Waals surface area (Å²) in [4.78, 5) is 2.24. The van der Waals surface area contributed by atoms with Gasteiger partial charge < -0.3 is 14.6 Å². The van der Waals surface area contributed by atoms with E-state index < -0.39 is 6.10 Å². The lowest BCUT2D eigenvalue weighted by atomic mass is 10.1. The van der Waals surface area contributed by atoms with Crippen LogP contribution in [0.5, 0.6) is 5.75 Å². The number of rotatable bonds is 6. The lowest BCUT2D eigenvalue weighted by Crippen LogP contribution is -2.43. The van der Waals surface area contributed by atoms with Gasteiger partial charge >= 0.3 is 0 Å². The molecule has 0 aliphatic carbocycles. The summed E-state index contributed by atoms with van der Waals surface area (Å²) in [6, 6.07) is 14.2. The average molecular weight is 420 g/mol. The molecule has 2 atom stereocenters. The summed E-state index contributed by atoms with van der Waals surface area (Å²) in [7, 11) is 0. The predicted molar refractivity (Wildman–Crippen MR) is 107 cm³/mol. The number of hydrogen-bond acceptors (Lipinski definition) is 4. The van der Waals surface area contributed by atoms with Crippen molar-refractivity contribution in [1.82, 2.24) is 4.90 Å². The molecule has 0 saturated carbocycles. The highest BCUT2D eigenvalue weighted by Crippen LogP contribution is 2.24. The van der Waals surface area contributed by atoms with Crippen molar-refractivity contribution >= 4 is 15.9 Å². The van der Waals surface area contributed by atoms with Crippen LogP contribution in [0.4, 0.5) is 0 Å². The van der Waals surface area contributed by atoms with Gasteiger partial charge in [0.25, 0.3) is 0 Å². The molecule has 1 N–H and O–H groups in total. The maximum atomic E-state index is 10.4. The molecular formula is C21H26BrNO3. The van der Waals surface area contributed by atoms with Crippen LogP contribution in [0.3, 0.4) is 0 Å². The molecule has 1 saturated heterocycles. The van der Waals surface area contributed by atoms with Crippen LogP contribution in [-0.2, 0) is 4.74 Å². The van der Waals surface area contributed by atoms with Gasteiger partial charge in [0.1, 0.15) is 18.5 Å². The quantitative estimate of drug-likeness (QED) is 0.771. The van der Waals surface area contributed by atoms with Crippen LogP contribution in [0.25, 0.3) is 0 Å². The van der Waals surface area contributed by atoms with E-state index in [1.165, 1.54) is 16.7 Å². The van der Waals surface area contributed by atoms with Crippen molar-refractivity contribution in [3.63, 3.8) is 0 Å². The van der Waals surface area contributed by atoms with E-state index in [1.807, 2.05) is 30.3 Å². The molecule has 0 aromatic heterocycles. The summed E-state index contributed by atoms with van der Waals surface area (Å²) in [5.41, 5.74) is 3.60.